The fourth-order valence-corrected chi connectivity index (χ4v) is 1.51. The predicted octanol–water partition coefficient (Wildman–Crippen LogP) is 0.219. The van der Waals surface area contributed by atoms with Crippen LogP contribution < -0.4 is 5.73 Å². The van der Waals surface area contributed by atoms with Crippen LogP contribution in [0, 0.1) is 5.41 Å². The molecule has 1 rings (SSSR count). The Morgan fingerprint density at radius 1 is 1.64 bits per heavy atom. The van der Waals surface area contributed by atoms with Crippen molar-refractivity contribution in [2.24, 2.45) is 11.1 Å². The first-order valence-electron chi connectivity index (χ1n) is 5.04. The molecule has 1 saturated heterocycles. The summed E-state index contributed by atoms with van der Waals surface area (Å²) in [6.45, 7) is 8.66. The third-order valence-electron chi connectivity index (χ3n) is 2.62. The molecule has 1 atom stereocenters. The molecule has 0 spiro atoms. The van der Waals surface area contributed by atoms with Gasteiger partial charge in [-0.15, -0.1) is 0 Å². The molecule has 0 aliphatic carbocycles. The Kier molecular flexibility index (Phi) is 3.50. The van der Waals surface area contributed by atoms with Crippen LogP contribution in [-0.4, -0.2) is 43.2 Å². The van der Waals surface area contributed by atoms with Crippen molar-refractivity contribution in [3.8, 4) is 0 Å². The Bertz CT molecular complexity index is 216. The molecule has 82 valence electrons. The Hall–Kier alpha value is -0.610. The second-order valence-corrected chi connectivity index (χ2v) is 4.81. The molecule has 2 N–H and O–H groups in total. The van der Waals surface area contributed by atoms with E-state index in [0.717, 1.165) is 6.54 Å². The van der Waals surface area contributed by atoms with Crippen LogP contribution in [0.15, 0.2) is 0 Å². The first kappa shape index (κ1) is 11.5. The molecule has 1 heterocycles. The number of ether oxygens (including phenoxy) is 1. The summed E-state index contributed by atoms with van der Waals surface area (Å²) in [5, 5.41) is 0. The van der Waals surface area contributed by atoms with Gasteiger partial charge in [0.25, 0.3) is 0 Å². The number of cyclic esters (lactones) is 1. The van der Waals surface area contributed by atoms with Crippen LogP contribution in [0.1, 0.15) is 20.8 Å². The third-order valence-corrected chi connectivity index (χ3v) is 2.62. The minimum atomic E-state index is -0.129. The lowest BCUT2D eigenvalue weighted by Gasteiger charge is -2.37. The zero-order chi connectivity index (χ0) is 10.8. The van der Waals surface area contributed by atoms with Crippen molar-refractivity contribution in [1.82, 2.24) is 4.90 Å². The van der Waals surface area contributed by atoms with Gasteiger partial charge in [0.15, 0.2) is 0 Å². The molecule has 0 bridgehead atoms. The van der Waals surface area contributed by atoms with E-state index in [9.17, 15) is 4.79 Å². The highest BCUT2D eigenvalue weighted by Crippen LogP contribution is 2.18. The standard InChI is InChI=1S/C10H20N2O2/c1-8-5-14-9(13)4-12(8)7-10(2,3)6-11/h8H,4-7,11H2,1-3H3. The molecule has 0 aromatic rings. The molecule has 1 aliphatic heterocycles. The molecule has 0 saturated carbocycles. The highest BCUT2D eigenvalue weighted by Gasteiger charge is 2.29. The monoisotopic (exact) mass is 200 g/mol. The molecule has 4 heteroatoms. The molecule has 1 aliphatic rings. The zero-order valence-electron chi connectivity index (χ0n) is 9.25. The lowest BCUT2D eigenvalue weighted by Crippen LogP contribution is -2.50. The van der Waals surface area contributed by atoms with Gasteiger partial charge in [0.05, 0.1) is 6.54 Å². The van der Waals surface area contributed by atoms with Gasteiger partial charge in [-0.3, -0.25) is 9.69 Å². The SMILES string of the molecule is CC1COC(=O)CN1CC(C)(C)CN. The second kappa shape index (κ2) is 4.28. The minimum Gasteiger partial charge on any atom is -0.463 e. The molecule has 0 radical (unpaired) electrons. The van der Waals surface area contributed by atoms with Crippen LogP contribution in [-0.2, 0) is 9.53 Å². The van der Waals surface area contributed by atoms with E-state index in [1.807, 2.05) is 0 Å². The molecule has 1 unspecified atom stereocenters. The van der Waals surface area contributed by atoms with Gasteiger partial charge in [0.2, 0.25) is 0 Å². The number of carbonyl (C=O) groups is 1. The van der Waals surface area contributed by atoms with Gasteiger partial charge in [0, 0.05) is 12.6 Å². The lowest BCUT2D eigenvalue weighted by molar-refractivity contribution is -0.154. The number of rotatable bonds is 3. The topological polar surface area (TPSA) is 55.6 Å². The van der Waals surface area contributed by atoms with Gasteiger partial charge in [-0.05, 0) is 18.9 Å². The first-order chi connectivity index (χ1) is 6.44. The van der Waals surface area contributed by atoms with Gasteiger partial charge in [-0.25, -0.2) is 0 Å². The summed E-state index contributed by atoms with van der Waals surface area (Å²) in [7, 11) is 0. The molecule has 1 fully saturated rings. The Morgan fingerprint density at radius 2 is 2.29 bits per heavy atom. The van der Waals surface area contributed by atoms with E-state index in [1.165, 1.54) is 0 Å². The van der Waals surface area contributed by atoms with Gasteiger partial charge in [-0.2, -0.15) is 0 Å². The molecule has 4 nitrogen and oxygen atoms in total. The normalized spacial score (nSPS) is 24.9. The highest BCUT2D eigenvalue weighted by atomic mass is 16.5. The summed E-state index contributed by atoms with van der Waals surface area (Å²) in [5.41, 5.74) is 5.72. The van der Waals surface area contributed by atoms with Crippen molar-refractivity contribution >= 4 is 5.97 Å². The van der Waals surface area contributed by atoms with Crippen LogP contribution in [0.4, 0.5) is 0 Å². The summed E-state index contributed by atoms with van der Waals surface area (Å²) < 4.78 is 4.96. The van der Waals surface area contributed by atoms with Crippen LogP contribution in [0.5, 0.6) is 0 Å². The van der Waals surface area contributed by atoms with E-state index in [-0.39, 0.29) is 11.4 Å². The number of nitrogens with two attached hydrogens (primary N) is 1. The summed E-state index contributed by atoms with van der Waals surface area (Å²) in [5.74, 6) is -0.129. The Balaban J connectivity index is 2.53. The molecular formula is C10H20N2O2. The predicted molar refractivity (Wildman–Crippen MR) is 54.8 cm³/mol. The van der Waals surface area contributed by atoms with E-state index >= 15 is 0 Å². The van der Waals surface area contributed by atoms with E-state index in [2.05, 4.69) is 25.7 Å². The van der Waals surface area contributed by atoms with Crippen molar-refractivity contribution in [2.75, 3.05) is 26.2 Å². The largest absolute Gasteiger partial charge is 0.463 e. The average Bonchev–Trinajstić information content (AvgIpc) is 2.11. The summed E-state index contributed by atoms with van der Waals surface area (Å²) in [6, 6.07) is 0.304. The molecule has 0 aromatic carbocycles. The molecule has 0 amide bonds. The van der Waals surface area contributed by atoms with Crippen LogP contribution in [0.25, 0.3) is 0 Å². The van der Waals surface area contributed by atoms with Crippen molar-refractivity contribution < 1.29 is 9.53 Å². The summed E-state index contributed by atoms with van der Waals surface area (Å²) in [4.78, 5) is 13.2. The van der Waals surface area contributed by atoms with E-state index in [1.54, 1.807) is 0 Å². The number of hydrogen-bond donors (Lipinski definition) is 1. The van der Waals surface area contributed by atoms with Crippen LogP contribution in [0.3, 0.4) is 0 Å². The number of esters is 1. The third kappa shape index (κ3) is 2.96. The van der Waals surface area contributed by atoms with Crippen LogP contribution >= 0.6 is 0 Å². The van der Waals surface area contributed by atoms with E-state index in [0.29, 0.717) is 25.7 Å². The van der Waals surface area contributed by atoms with E-state index < -0.39 is 0 Å². The van der Waals surface area contributed by atoms with Crippen molar-refractivity contribution in [3.05, 3.63) is 0 Å². The second-order valence-electron chi connectivity index (χ2n) is 4.81. The maximum Gasteiger partial charge on any atom is 0.320 e. The van der Waals surface area contributed by atoms with Crippen LogP contribution in [0.2, 0.25) is 0 Å². The van der Waals surface area contributed by atoms with Crippen molar-refractivity contribution in [3.63, 3.8) is 0 Å². The average molecular weight is 200 g/mol. The zero-order valence-corrected chi connectivity index (χ0v) is 9.25. The highest BCUT2D eigenvalue weighted by molar-refractivity contribution is 5.72. The Labute approximate surface area is 85.4 Å². The quantitative estimate of drug-likeness (QED) is 0.662. The molecule has 0 aromatic heterocycles. The molecular weight excluding hydrogens is 180 g/mol. The minimum absolute atomic E-state index is 0.0614. The fourth-order valence-electron chi connectivity index (χ4n) is 1.51. The number of morpholine rings is 1. The summed E-state index contributed by atoms with van der Waals surface area (Å²) in [6.07, 6.45) is 0. The maximum atomic E-state index is 11.1. The van der Waals surface area contributed by atoms with E-state index in [4.69, 9.17) is 10.5 Å². The lowest BCUT2D eigenvalue weighted by atomic mass is 9.92. The van der Waals surface area contributed by atoms with Crippen molar-refractivity contribution in [2.45, 2.75) is 26.8 Å². The van der Waals surface area contributed by atoms with Crippen molar-refractivity contribution in [1.29, 1.82) is 0 Å². The fraction of sp³-hybridized carbons (Fsp3) is 0.900. The van der Waals surface area contributed by atoms with Gasteiger partial charge in [-0.1, -0.05) is 13.8 Å². The smallest absolute Gasteiger partial charge is 0.320 e. The summed E-state index contributed by atoms with van der Waals surface area (Å²) >= 11 is 0. The number of nitrogens with zero attached hydrogens (tertiary/aromatic N) is 1. The van der Waals surface area contributed by atoms with Gasteiger partial charge >= 0.3 is 5.97 Å². The maximum absolute atomic E-state index is 11.1. The number of hydrogen-bond acceptors (Lipinski definition) is 4. The number of carbonyl (C=O) groups excluding carboxylic acids is 1. The molecule has 14 heavy (non-hydrogen) atoms. The van der Waals surface area contributed by atoms with Gasteiger partial charge < -0.3 is 10.5 Å². The van der Waals surface area contributed by atoms with Gasteiger partial charge in [0.1, 0.15) is 6.61 Å². The first-order valence-corrected chi connectivity index (χ1v) is 5.04. The Morgan fingerprint density at radius 3 is 2.86 bits per heavy atom.